The zero-order chi connectivity index (χ0) is 16.0. The number of aromatic nitrogens is 2. The van der Waals surface area contributed by atoms with Crippen molar-refractivity contribution in [2.45, 2.75) is 72.4 Å². The van der Waals surface area contributed by atoms with Gasteiger partial charge in [0.25, 0.3) is 0 Å². The summed E-state index contributed by atoms with van der Waals surface area (Å²) in [7, 11) is 1.72. The van der Waals surface area contributed by atoms with Gasteiger partial charge in [0.2, 0.25) is 0 Å². The van der Waals surface area contributed by atoms with Gasteiger partial charge in [0.15, 0.2) is 5.82 Å². The fraction of sp³-hybridized carbons (Fsp3) is 0.765. The monoisotopic (exact) mass is 293 g/mol. The number of nitrogens with zero attached hydrogens (tertiary/aromatic N) is 2. The lowest BCUT2D eigenvalue weighted by molar-refractivity contribution is 0.0922. The molecule has 4 nitrogen and oxygen atoms in total. The van der Waals surface area contributed by atoms with Crippen molar-refractivity contribution in [3.05, 3.63) is 22.8 Å². The molecule has 1 heterocycles. The molecule has 0 amide bonds. The van der Waals surface area contributed by atoms with Crippen LogP contribution in [0.5, 0.6) is 0 Å². The first kappa shape index (κ1) is 18.1. The van der Waals surface area contributed by atoms with E-state index in [1.807, 2.05) is 0 Å². The minimum absolute atomic E-state index is 0.000919. The number of ether oxygens (including phenoxy) is 1. The first-order chi connectivity index (χ1) is 9.78. The lowest BCUT2D eigenvalue weighted by Crippen LogP contribution is -2.36. The number of nitrogens with one attached hydrogen (secondary N) is 1. The molecule has 1 atom stereocenters. The Bertz CT molecular complexity index is 425. The second-order valence-corrected chi connectivity index (χ2v) is 6.64. The molecular weight excluding hydrogens is 262 g/mol. The molecule has 1 aromatic heterocycles. The van der Waals surface area contributed by atoms with E-state index >= 15 is 0 Å². The van der Waals surface area contributed by atoms with E-state index in [0.717, 1.165) is 43.0 Å². The first-order valence-electron chi connectivity index (χ1n) is 7.90. The van der Waals surface area contributed by atoms with Gasteiger partial charge in [-0.1, -0.05) is 6.92 Å². The Morgan fingerprint density at radius 2 is 1.71 bits per heavy atom. The van der Waals surface area contributed by atoms with Crippen molar-refractivity contribution >= 4 is 0 Å². The molecule has 0 fully saturated rings. The Labute approximate surface area is 129 Å². The van der Waals surface area contributed by atoms with Crippen LogP contribution in [0.15, 0.2) is 0 Å². The molecule has 0 saturated carbocycles. The summed E-state index contributed by atoms with van der Waals surface area (Å²) in [6.07, 6.45) is 3.01. The van der Waals surface area contributed by atoms with Crippen LogP contribution < -0.4 is 5.32 Å². The zero-order valence-corrected chi connectivity index (χ0v) is 14.7. The Morgan fingerprint density at radius 1 is 1.14 bits per heavy atom. The second kappa shape index (κ2) is 7.85. The molecule has 4 heteroatoms. The number of rotatable bonds is 7. The first-order valence-corrected chi connectivity index (χ1v) is 7.90. The molecule has 1 unspecified atom stereocenters. The molecule has 1 aromatic rings. The SMILES string of the molecule is CCC(OC)c1nc(C)c(CCCNC(C)(C)C)c(C)n1. The van der Waals surface area contributed by atoms with E-state index in [-0.39, 0.29) is 11.6 Å². The molecule has 0 spiro atoms. The van der Waals surface area contributed by atoms with Crippen molar-refractivity contribution < 1.29 is 4.74 Å². The maximum absolute atomic E-state index is 5.44. The van der Waals surface area contributed by atoms with Crippen LogP contribution in [-0.4, -0.2) is 29.2 Å². The second-order valence-electron chi connectivity index (χ2n) is 6.64. The van der Waals surface area contributed by atoms with E-state index in [2.05, 4.69) is 56.8 Å². The highest BCUT2D eigenvalue weighted by atomic mass is 16.5. The molecule has 0 aliphatic carbocycles. The average molecular weight is 293 g/mol. The van der Waals surface area contributed by atoms with E-state index in [9.17, 15) is 0 Å². The average Bonchev–Trinajstić information content (AvgIpc) is 2.37. The van der Waals surface area contributed by atoms with Gasteiger partial charge >= 0.3 is 0 Å². The molecule has 0 aliphatic heterocycles. The van der Waals surface area contributed by atoms with Crippen molar-refractivity contribution in [1.29, 1.82) is 0 Å². The fourth-order valence-corrected chi connectivity index (χ4v) is 2.45. The zero-order valence-electron chi connectivity index (χ0n) is 14.7. The Hall–Kier alpha value is -1.00. The third kappa shape index (κ3) is 5.71. The predicted molar refractivity (Wildman–Crippen MR) is 87.6 cm³/mol. The summed E-state index contributed by atoms with van der Waals surface area (Å²) >= 11 is 0. The van der Waals surface area contributed by atoms with Crippen LogP contribution in [0.1, 0.15) is 69.4 Å². The molecule has 1 rings (SSSR count). The van der Waals surface area contributed by atoms with Gasteiger partial charge in [-0.25, -0.2) is 9.97 Å². The van der Waals surface area contributed by atoms with Gasteiger partial charge < -0.3 is 10.1 Å². The lowest BCUT2D eigenvalue weighted by atomic mass is 10.0. The van der Waals surface area contributed by atoms with Gasteiger partial charge in [0, 0.05) is 24.0 Å². The van der Waals surface area contributed by atoms with E-state index < -0.39 is 0 Å². The van der Waals surface area contributed by atoms with Gasteiger partial charge in [0.1, 0.15) is 6.10 Å². The van der Waals surface area contributed by atoms with E-state index in [4.69, 9.17) is 4.74 Å². The van der Waals surface area contributed by atoms with Crippen molar-refractivity contribution in [2.75, 3.05) is 13.7 Å². The summed E-state index contributed by atoms with van der Waals surface area (Å²) in [4.78, 5) is 9.29. The molecule has 0 radical (unpaired) electrons. The fourth-order valence-electron chi connectivity index (χ4n) is 2.45. The summed E-state index contributed by atoms with van der Waals surface area (Å²) in [5.41, 5.74) is 3.63. The lowest BCUT2D eigenvalue weighted by Gasteiger charge is -2.21. The minimum atomic E-state index is -0.000919. The topological polar surface area (TPSA) is 47.0 Å². The third-order valence-electron chi connectivity index (χ3n) is 3.64. The minimum Gasteiger partial charge on any atom is -0.373 e. The Morgan fingerprint density at radius 3 is 2.14 bits per heavy atom. The molecule has 0 saturated heterocycles. The summed E-state index contributed by atoms with van der Waals surface area (Å²) in [6.45, 7) is 13.8. The molecule has 120 valence electrons. The van der Waals surface area contributed by atoms with Crippen LogP contribution in [-0.2, 0) is 11.2 Å². The Balaban J connectivity index is 2.72. The molecule has 1 N–H and O–H groups in total. The predicted octanol–water partition coefficient (Wildman–Crippen LogP) is 3.51. The van der Waals surface area contributed by atoms with Crippen molar-refractivity contribution in [2.24, 2.45) is 0 Å². The highest BCUT2D eigenvalue weighted by molar-refractivity contribution is 5.25. The standard InChI is InChI=1S/C17H31N3O/c1-8-15(21-7)16-19-12(2)14(13(3)20-16)10-9-11-18-17(4,5)6/h15,18H,8-11H2,1-7H3. The molecule has 0 bridgehead atoms. The van der Waals surface area contributed by atoms with E-state index in [1.54, 1.807) is 7.11 Å². The number of hydrogen-bond donors (Lipinski definition) is 1. The normalized spacial score (nSPS) is 13.5. The molecule has 21 heavy (non-hydrogen) atoms. The quantitative estimate of drug-likeness (QED) is 0.782. The smallest absolute Gasteiger partial charge is 0.157 e. The van der Waals surface area contributed by atoms with Crippen molar-refractivity contribution in [3.8, 4) is 0 Å². The van der Waals surface area contributed by atoms with Crippen molar-refractivity contribution in [1.82, 2.24) is 15.3 Å². The van der Waals surface area contributed by atoms with Gasteiger partial charge in [-0.15, -0.1) is 0 Å². The number of methoxy groups -OCH3 is 1. The van der Waals surface area contributed by atoms with Crippen LogP contribution in [0.4, 0.5) is 0 Å². The van der Waals surface area contributed by atoms with Gasteiger partial charge in [-0.05, 0) is 66.0 Å². The highest BCUT2D eigenvalue weighted by Crippen LogP contribution is 2.20. The van der Waals surface area contributed by atoms with Crippen LogP contribution in [0.3, 0.4) is 0 Å². The number of aryl methyl sites for hydroxylation is 2. The maximum atomic E-state index is 5.44. The van der Waals surface area contributed by atoms with Crippen LogP contribution in [0.2, 0.25) is 0 Å². The van der Waals surface area contributed by atoms with Gasteiger partial charge in [0.05, 0.1) is 0 Å². The summed E-state index contributed by atoms with van der Waals surface area (Å²) in [6, 6.07) is 0. The van der Waals surface area contributed by atoms with Gasteiger partial charge in [-0.2, -0.15) is 0 Å². The van der Waals surface area contributed by atoms with Crippen LogP contribution in [0.25, 0.3) is 0 Å². The summed E-state index contributed by atoms with van der Waals surface area (Å²) in [5, 5.41) is 3.52. The molecule has 0 aliphatic rings. The van der Waals surface area contributed by atoms with Crippen molar-refractivity contribution in [3.63, 3.8) is 0 Å². The highest BCUT2D eigenvalue weighted by Gasteiger charge is 2.15. The third-order valence-corrected chi connectivity index (χ3v) is 3.64. The largest absolute Gasteiger partial charge is 0.373 e. The summed E-state index contributed by atoms with van der Waals surface area (Å²) in [5.74, 6) is 0.812. The summed E-state index contributed by atoms with van der Waals surface area (Å²) < 4.78 is 5.44. The van der Waals surface area contributed by atoms with Gasteiger partial charge in [-0.3, -0.25) is 0 Å². The Kier molecular flexibility index (Phi) is 6.75. The maximum Gasteiger partial charge on any atom is 0.157 e. The number of hydrogen-bond acceptors (Lipinski definition) is 4. The molecule has 0 aromatic carbocycles. The van der Waals surface area contributed by atoms with E-state index in [1.165, 1.54) is 5.56 Å². The van der Waals surface area contributed by atoms with Crippen LogP contribution >= 0.6 is 0 Å². The van der Waals surface area contributed by atoms with Crippen LogP contribution in [0, 0.1) is 13.8 Å². The molecular formula is C17H31N3O. The van der Waals surface area contributed by atoms with E-state index in [0.29, 0.717) is 0 Å².